The van der Waals surface area contributed by atoms with Crippen LogP contribution in [0.25, 0.3) is 10.9 Å². The zero-order valence-corrected chi connectivity index (χ0v) is 13.3. The predicted molar refractivity (Wildman–Crippen MR) is 91.5 cm³/mol. The Hall–Kier alpha value is -2.95. The number of aryl methyl sites for hydroxylation is 1. The average molecular weight is 324 g/mol. The van der Waals surface area contributed by atoms with Gasteiger partial charge in [0.05, 0.1) is 5.52 Å². The van der Waals surface area contributed by atoms with Gasteiger partial charge in [0, 0.05) is 24.7 Å². The van der Waals surface area contributed by atoms with Crippen molar-refractivity contribution in [1.29, 1.82) is 0 Å². The van der Waals surface area contributed by atoms with E-state index in [1.54, 1.807) is 30.5 Å². The number of nitrogens with zero attached hydrogens (tertiary/aromatic N) is 1. The topological polar surface area (TPSA) is 51.1 Å². The molecule has 1 aromatic heterocycles. The van der Waals surface area contributed by atoms with E-state index < -0.39 is 5.91 Å². The minimum atomic E-state index is -0.433. The molecule has 0 atom stereocenters. The molecule has 0 fully saturated rings. The zero-order chi connectivity index (χ0) is 17.1. The molecule has 3 rings (SSSR count). The molecule has 1 amide bonds. The summed E-state index contributed by atoms with van der Waals surface area (Å²) in [6.45, 7) is 2.84. The maximum absolute atomic E-state index is 12.9. The quantitative estimate of drug-likeness (QED) is 0.802. The Morgan fingerprint density at radius 1 is 1.12 bits per heavy atom. The molecule has 0 bridgehead atoms. The molecule has 4 nitrogen and oxygen atoms in total. The Morgan fingerprint density at radius 3 is 2.54 bits per heavy atom. The first-order valence-corrected chi connectivity index (χ1v) is 7.75. The number of fused-ring (bicyclic) bond motifs is 1. The molecule has 0 spiro atoms. The summed E-state index contributed by atoms with van der Waals surface area (Å²) in [5.41, 5.74) is 1.39. The van der Waals surface area contributed by atoms with Crippen molar-refractivity contribution in [3.05, 3.63) is 81.9 Å². The summed E-state index contributed by atoms with van der Waals surface area (Å²) < 4.78 is 14.8. The van der Waals surface area contributed by atoms with Crippen LogP contribution in [0.3, 0.4) is 0 Å². The Morgan fingerprint density at radius 2 is 1.83 bits per heavy atom. The number of hydrogen-bond acceptors (Lipinski definition) is 2. The van der Waals surface area contributed by atoms with E-state index in [-0.39, 0.29) is 23.4 Å². The fraction of sp³-hybridized carbons (Fsp3) is 0.158. The third-order valence-corrected chi connectivity index (χ3v) is 3.94. The predicted octanol–water partition coefficient (Wildman–Crippen LogP) is 3.09. The number of benzene rings is 2. The SMILES string of the molecule is CCn1cc(C(=O)NCc2ccc(F)cc2)c(=O)c2ccccc21. The van der Waals surface area contributed by atoms with E-state index in [9.17, 15) is 14.0 Å². The molecule has 2 aromatic carbocycles. The Labute approximate surface area is 138 Å². The lowest BCUT2D eigenvalue weighted by atomic mass is 10.1. The molecule has 0 aliphatic rings. The molecular weight excluding hydrogens is 307 g/mol. The molecule has 1 N–H and O–H groups in total. The summed E-state index contributed by atoms with van der Waals surface area (Å²) >= 11 is 0. The van der Waals surface area contributed by atoms with Crippen molar-refractivity contribution in [3.63, 3.8) is 0 Å². The molecule has 24 heavy (non-hydrogen) atoms. The van der Waals surface area contributed by atoms with E-state index in [4.69, 9.17) is 0 Å². The maximum atomic E-state index is 12.9. The third-order valence-electron chi connectivity index (χ3n) is 3.94. The summed E-state index contributed by atoms with van der Waals surface area (Å²) in [5.74, 6) is -0.761. The van der Waals surface area contributed by atoms with Crippen LogP contribution < -0.4 is 10.7 Å². The van der Waals surface area contributed by atoms with Crippen LogP contribution in [0.4, 0.5) is 4.39 Å². The van der Waals surface area contributed by atoms with E-state index >= 15 is 0 Å². The van der Waals surface area contributed by atoms with Gasteiger partial charge in [-0.1, -0.05) is 24.3 Å². The fourth-order valence-electron chi connectivity index (χ4n) is 2.65. The van der Waals surface area contributed by atoms with Crippen molar-refractivity contribution in [2.24, 2.45) is 0 Å². The summed E-state index contributed by atoms with van der Waals surface area (Å²) in [7, 11) is 0. The number of para-hydroxylation sites is 1. The van der Waals surface area contributed by atoms with Crippen LogP contribution in [0.2, 0.25) is 0 Å². The minimum Gasteiger partial charge on any atom is -0.348 e. The number of nitrogens with one attached hydrogen (secondary N) is 1. The minimum absolute atomic E-state index is 0.109. The highest BCUT2D eigenvalue weighted by Crippen LogP contribution is 2.12. The van der Waals surface area contributed by atoms with E-state index in [1.807, 2.05) is 23.6 Å². The average Bonchev–Trinajstić information content (AvgIpc) is 2.61. The van der Waals surface area contributed by atoms with E-state index in [0.717, 1.165) is 11.1 Å². The van der Waals surface area contributed by atoms with Crippen molar-refractivity contribution in [1.82, 2.24) is 9.88 Å². The van der Waals surface area contributed by atoms with Crippen molar-refractivity contribution in [2.75, 3.05) is 0 Å². The van der Waals surface area contributed by atoms with Crippen molar-refractivity contribution < 1.29 is 9.18 Å². The van der Waals surface area contributed by atoms with Gasteiger partial charge in [-0.25, -0.2) is 4.39 Å². The smallest absolute Gasteiger partial charge is 0.257 e. The first-order valence-electron chi connectivity index (χ1n) is 7.75. The molecular formula is C19H17FN2O2. The van der Waals surface area contributed by atoms with Crippen LogP contribution in [0.1, 0.15) is 22.8 Å². The second-order valence-electron chi connectivity index (χ2n) is 5.48. The number of amides is 1. The summed E-state index contributed by atoms with van der Waals surface area (Å²) in [6.07, 6.45) is 1.59. The second-order valence-corrected chi connectivity index (χ2v) is 5.48. The number of pyridine rings is 1. The molecule has 1 heterocycles. The number of carbonyl (C=O) groups excluding carboxylic acids is 1. The number of hydrogen-bond donors (Lipinski definition) is 1. The number of halogens is 1. The Balaban J connectivity index is 1.90. The van der Waals surface area contributed by atoms with Gasteiger partial charge in [0.1, 0.15) is 11.4 Å². The number of rotatable bonds is 4. The van der Waals surface area contributed by atoms with Gasteiger partial charge in [-0.15, -0.1) is 0 Å². The van der Waals surface area contributed by atoms with Crippen LogP contribution in [0, 0.1) is 5.82 Å². The highest BCUT2D eigenvalue weighted by atomic mass is 19.1. The molecule has 0 aliphatic heterocycles. The lowest BCUT2D eigenvalue weighted by molar-refractivity contribution is 0.0949. The molecule has 0 aliphatic carbocycles. The summed E-state index contributed by atoms with van der Waals surface area (Å²) in [4.78, 5) is 25.0. The maximum Gasteiger partial charge on any atom is 0.257 e. The largest absolute Gasteiger partial charge is 0.348 e. The van der Waals surface area contributed by atoms with Crippen LogP contribution in [0.5, 0.6) is 0 Å². The standard InChI is InChI=1S/C19H17FN2O2/c1-2-22-12-16(18(23)15-5-3-4-6-17(15)22)19(24)21-11-13-7-9-14(20)10-8-13/h3-10,12H,2,11H2,1H3,(H,21,24). The summed E-state index contributed by atoms with van der Waals surface area (Å²) in [5, 5.41) is 3.24. The van der Waals surface area contributed by atoms with Gasteiger partial charge in [-0.05, 0) is 36.8 Å². The van der Waals surface area contributed by atoms with Gasteiger partial charge < -0.3 is 9.88 Å². The Kier molecular flexibility index (Phi) is 4.42. The normalized spacial score (nSPS) is 10.8. The number of aromatic nitrogens is 1. The molecule has 122 valence electrons. The number of carbonyl (C=O) groups is 1. The first kappa shape index (κ1) is 15.9. The molecule has 3 aromatic rings. The van der Waals surface area contributed by atoms with Crippen LogP contribution >= 0.6 is 0 Å². The molecule has 0 radical (unpaired) electrons. The molecule has 0 unspecified atom stereocenters. The third kappa shape index (κ3) is 3.06. The first-order chi connectivity index (χ1) is 11.6. The van der Waals surface area contributed by atoms with Gasteiger partial charge in [0.25, 0.3) is 5.91 Å². The molecule has 5 heteroatoms. The van der Waals surface area contributed by atoms with Crippen LogP contribution in [-0.2, 0) is 13.1 Å². The Bertz CT molecular complexity index is 946. The second kappa shape index (κ2) is 6.66. The molecule has 0 saturated carbocycles. The van der Waals surface area contributed by atoms with Crippen molar-refractivity contribution in [2.45, 2.75) is 20.0 Å². The zero-order valence-electron chi connectivity index (χ0n) is 13.3. The van der Waals surface area contributed by atoms with Gasteiger partial charge in [-0.2, -0.15) is 0 Å². The van der Waals surface area contributed by atoms with Crippen LogP contribution in [-0.4, -0.2) is 10.5 Å². The lowest BCUT2D eigenvalue weighted by Gasteiger charge is -2.11. The highest BCUT2D eigenvalue weighted by molar-refractivity contribution is 5.97. The summed E-state index contributed by atoms with van der Waals surface area (Å²) in [6, 6.07) is 13.1. The van der Waals surface area contributed by atoms with Crippen LogP contribution in [0.15, 0.2) is 59.5 Å². The highest BCUT2D eigenvalue weighted by Gasteiger charge is 2.14. The lowest BCUT2D eigenvalue weighted by Crippen LogP contribution is -2.29. The van der Waals surface area contributed by atoms with Crippen molar-refractivity contribution >= 4 is 16.8 Å². The van der Waals surface area contributed by atoms with E-state index in [2.05, 4.69) is 5.32 Å². The van der Waals surface area contributed by atoms with E-state index in [1.165, 1.54) is 12.1 Å². The van der Waals surface area contributed by atoms with Gasteiger partial charge >= 0.3 is 0 Å². The van der Waals surface area contributed by atoms with E-state index in [0.29, 0.717) is 11.9 Å². The van der Waals surface area contributed by atoms with Gasteiger partial charge in [-0.3, -0.25) is 9.59 Å². The van der Waals surface area contributed by atoms with Crippen molar-refractivity contribution in [3.8, 4) is 0 Å². The van der Waals surface area contributed by atoms with Gasteiger partial charge in [0.15, 0.2) is 0 Å². The monoisotopic (exact) mass is 324 g/mol. The fourth-order valence-corrected chi connectivity index (χ4v) is 2.65. The molecule has 0 saturated heterocycles. The van der Waals surface area contributed by atoms with Gasteiger partial charge in [0.2, 0.25) is 5.43 Å².